The second-order valence-corrected chi connectivity index (χ2v) is 7.49. The maximum Gasteiger partial charge on any atom is 0.0467 e. The Balaban J connectivity index is 2.21. The van der Waals surface area contributed by atoms with Crippen molar-refractivity contribution in [3.8, 4) is 0 Å². The molecule has 2 rings (SSSR count). The number of hydrogen-bond acceptors (Lipinski definition) is 2. The lowest BCUT2D eigenvalue weighted by Gasteiger charge is -2.18. The molecule has 0 radical (unpaired) electrons. The fraction of sp³-hybridized carbons (Fsp3) is 0.375. The molecule has 4 heteroatoms. The Kier molecular flexibility index (Phi) is 6.09. The Hall–Kier alpha value is -0.350. The first-order chi connectivity index (χ1) is 9.60. The van der Waals surface area contributed by atoms with Crippen LogP contribution in [0.4, 0.5) is 0 Å². The molecule has 2 aromatic rings. The van der Waals surface area contributed by atoms with Gasteiger partial charge in [0.1, 0.15) is 0 Å². The molecule has 1 unspecified atom stereocenters. The van der Waals surface area contributed by atoms with E-state index in [-0.39, 0.29) is 0 Å². The Morgan fingerprint density at radius 3 is 2.75 bits per heavy atom. The smallest absolute Gasteiger partial charge is 0.0467 e. The van der Waals surface area contributed by atoms with Gasteiger partial charge in [-0.2, -0.15) is 0 Å². The Bertz CT molecular complexity index is 567. The van der Waals surface area contributed by atoms with Gasteiger partial charge in [0.2, 0.25) is 0 Å². The minimum Gasteiger partial charge on any atom is -0.309 e. The first-order valence-electron chi connectivity index (χ1n) is 6.83. The van der Waals surface area contributed by atoms with Crippen molar-refractivity contribution in [1.29, 1.82) is 0 Å². The van der Waals surface area contributed by atoms with E-state index < -0.39 is 0 Å². The van der Waals surface area contributed by atoms with Crippen LogP contribution in [0.1, 0.15) is 34.7 Å². The van der Waals surface area contributed by atoms with E-state index >= 15 is 0 Å². The highest BCUT2D eigenvalue weighted by molar-refractivity contribution is 9.10. The van der Waals surface area contributed by atoms with Gasteiger partial charge in [0.05, 0.1) is 0 Å². The van der Waals surface area contributed by atoms with Crippen molar-refractivity contribution >= 4 is 38.9 Å². The van der Waals surface area contributed by atoms with Gasteiger partial charge in [-0.3, -0.25) is 0 Å². The number of nitrogens with one attached hydrogen (secondary N) is 1. The number of hydrogen-bond donors (Lipinski definition) is 1. The highest BCUT2D eigenvalue weighted by Gasteiger charge is 2.17. The minimum absolute atomic E-state index is 0.335. The normalized spacial score (nSPS) is 12.6. The number of halogens is 2. The van der Waals surface area contributed by atoms with Crippen LogP contribution in [0.25, 0.3) is 0 Å². The van der Waals surface area contributed by atoms with Crippen LogP contribution in [0, 0.1) is 6.92 Å². The van der Waals surface area contributed by atoms with Gasteiger partial charge < -0.3 is 5.32 Å². The Morgan fingerprint density at radius 1 is 1.35 bits per heavy atom. The molecular formula is C16H19BrClNS. The van der Waals surface area contributed by atoms with Gasteiger partial charge in [0, 0.05) is 25.3 Å². The summed E-state index contributed by atoms with van der Waals surface area (Å²) in [6.07, 6.45) is 2.09. The van der Waals surface area contributed by atoms with Crippen molar-refractivity contribution in [2.75, 3.05) is 6.54 Å². The van der Waals surface area contributed by atoms with Crippen LogP contribution in [0.2, 0.25) is 5.02 Å². The molecule has 0 aliphatic heterocycles. The maximum absolute atomic E-state index is 6.09. The molecule has 1 aromatic carbocycles. The summed E-state index contributed by atoms with van der Waals surface area (Å²) in [5.74, 6) is 0. The molecule has 20 heavy (non-hydrogen) atoms. The molecule has 1 N–H and O–H groups in total. The van der Waals surface area contributed by atoms with Gasteiger partial charge in [-0.25, -0.2) is 0 Å². The van der Waals surface area contributed by atoms with E-state index in [1.165, 1.54) is 19.8 Å². The average molecular weight is 373 g/mol. The summed E-state index contributed by atoms with van der Waals surface area (Å²) >= 11 is 11.6. The highest BCUT2D eigenvalue weighted by Crippen LogP contribution is 2.34. The molecule has 1 nitrogen and oxygen atoms in total. The van der Waals surface area contributed by atoms with E-state index in [1.54, 1.807) is 0 Å². The zero-order valence-corrected chi connectivity index (χ0v) is 14.9. The van der Waals surface area contributed by atoms with Gasteiger partial charge in [-0.05, 0) is 66.0 Å². The molecule has 0 saturated heterocycles. The summed E-state index contributed by atoms with van der Waals surface area (Å²) in [7, 11) is 0. The minimum atomic E-state index is 0.335. The SMILES string of the molecule is CCCNC(Cc1cccc(Cl)c1)c1sc(C)cc1Br. The number of benzene rings is 1. The van der Waals surface area contributed by atoms with Crippen LogP contribution < -0.4 is 5.32 Å². The van der Waals surface area contributed by atoms with Gasteiger partial charge in [0.15, 0.2) is 0 Å². The van der Waals surface area contributed by atoms with E-state index in [9.17, 15) is 0 Å². The van der Waals surface area contributed by atoms with E-state index in [2.05, 4.69) is 53.3 Å². The lowest BCUT2D eigenvalue weighted by Crippen LogP contribution is -2.23. The third-order valence-corrected chi connectivity index (χ3v) is 5.44. The Morgan fingerprint density at radius 2 is 2.15 bits per heavy atom. The Labute approximate surface area is 138 Å². The summed E-state index contributed by atoms with van der Waals surface area (Å²) in [5, 5.41) is 4.45. The highest BCUT2D eigenvalue weighted by atomic mass is 79.9. The monoisotopic (exact) mass is 371 g/mol. The quantitative estimate of drug-likeness (QED) is 0.680. The van der Waals surface area contributed by atoms with Crippen LogP contribution in [-0.2, 0) is 6.42 Å². The molecule has 0 aliphatic rings. The van der Waals surface area contributed by atoms with Crippen molar-refractivity contribution in [3.05, 3.63) is 55.1 Å². The van der Waals surface area contributed by atoms with E-state index in [1.807, 2.05) is 23.5 Å². The van der Waals surface area contributed by atoms with Crippen molar-refractivity contribution < 1.29 is 0 Å². The zero-order chi connectivity index (χ0) is 14.5. The summed E-state index contributed by atoms with van der Waals surface area (Å²) in [6.45, 7) is 5.36. The van der Waals surface area contributed by atoms with E-state index in [4.69, 9.17) is 11.6 Å². The van der Waals surface area contributed by atoms with Crippen molar-refractivity contribution in [2.24, 2.45) is 0 Å². The predicted molar refractivity (Wildman–Crippen MR) is 92.9 cm³/mol. The van der Waals surface area contributed by atoms with Gasteiger partial charge in [0.25, 0.3) is 0 Å². The second-order valence-electron chi connectivity index (χ2n) is 4.91. The lowest BCUT2D eigenvalue weighted by molar-refractivity contribution is 0.535. The predicted octanol–water partition coefficient (Wildman–Crippen LogP) is 5.76. The molecule has 1 aromatic heterocycles. The van der Waals surface area contributed by atoms with Crippen molar-refractivity contribution in [2.45, 2.75) is 32.7 Å². The molecule has 0 aliphatic carbocycles. The van der Waals surface area contributed by atoms with Gasteiger partial charge >= 0.3 is 0 Å². The molecule has 0 amide bonds. The van der Waals surface area contributed by atoms with Crippen LogP contribution >= 0.6 is 38.9 Å². The first kappa shape index (κ1) is 16.0. The van der Waals surface area contributed by atoms with Gasteiger partial charge in [-0.1, -0.05) is 30.7 Å². The topological polar surface area (TPSA) is 12.0 Å². The lowest BCUT2D eigenvalue weighted by atomic mass is 10.0. The number of rotatable bonds is 6. The van der Waals surface area contributed by atoms with E-state index in [0.717, 1.165) is 24.4 Å². The molecule has 108 valence electrons. The second kappa shape index (κ2) is 7.60. The molecule has 0 spiro atoms. The molecule has 0 fully saturated rings. The largest absolute Gasteiger partial charge is 0.309 e. The fourth-order valence-corrected chi connectivity index (χ4v) is 4.43. The molecule has 0 saturated carbocycles. The summed E-state index contributed by atoms with van der Waals surface area (Å²) in [6, 6.07) is 10.7. The van der Waals surface area contributed by atoms with Crippen LogP contribution in [0.15, 0.2) is 34.8 Å². The summed E-state index contributed by atoms with van der Waals surface area (Å²) < 4.78 is 1.20. The first-order valence-corrected chi connectivity index (χ1v) is 8.82. The molecular weight excluding hydrogens is 354 g/mol. The van der Waals surface area contributed by atoms with Crippen molar-refractivity contribution in [3.63, 3.8) is 0 Å². The standard InChI is InChI=1S/C16H19BrClNS/c1-3-7-19-15(16-14(17)8-11(2)20-16)10-12-5-4-6-13(18)9-12/h4-6,8-9,15,19H,3,7,10H2,1-2H3. The van der Waals surface area contributed by atoms with E-state index in [0.29, 0.717) is 6.04 Å². The molecule has 1 atom stereocenters. The van der Waals surface area contributed by atoms with Crippen LogP contribution in [0.3, 0.4) is 0 Å². The fourth-order valence-electron chi connectivity index (χ4n) is 2.21. The van der Waals surface area contributed by atoms with Gasteiger partial charge in [-0.15, -0.1) is 11.3 Å². The van der Waals surface area contributed by atoms with Crippen LogP contribution in [0.5, 0.6) is 0 Å². The molecule has 0 bridgehead atoms. The third kappa shape index (κ3) is 4.32. The summed E-state index contributed by atoms with van der Waals surface area (Å²) in [4.78, 5) is 2.71. The maximum atomic E-state index is 6.09. The molecule has 1 heterocycles. The number of thiophene rings is 1. The van der Waals surface area contributed by atoms with Crippen LogP contribution in [-0.4, -0.2) is 6.54 Å². The van der Waals surface area contributed by atoms with Crippen molar-refractivity contribution in [1.82, 2.24) is 5.32 Å². The third-order valence-electron chi connectivity index (χ3n) is 3.12. The summed E-state index contributed by atoms with van der Waals surface area (Å²) in [5.41, 5.74) is 1.27. The average Bonchev–Trinajstić information content (AvgIpc) is 2.73. The zero-order valence-electron chi connectivity index (χ0n) is 11.7. The number of aryl methyl sites for hydroxylation is 1.